The maximum absolute atomic E-state index is 8.00. The molecule has 1 aromatic carbocycles. The van der Waals surface area contributed by atoms with Crippen molar-refractivity contribution in [3.05, 3.63) is 59.7 Å². The van der Waals surface area contributed by atoms with Crippen molar-refractivity contribution in [2.45, 2.75) is 46.8 Å². The normalized spacial score (nSPS) is 12.5. The van der Waals surface area contributed by atoms with Gasteiger partial charge in [-0.2, -0.15) is 0 Å². The van der Waals surface area contributed by atoms with Crippen LogP contribution in [0.4, 0.5) is 0 Å². The summed E-state index contributed by atoms with van der Waals surface area (Å²) in [6.45, 7) is 16.3. The smallest absolute Gasteiger partial charge is 0.106 e. The van der Waals surface area contributed by atoms with Crippen molar-refractivity contribution in [2.24, 2.45) is 5.92 Å². The molecule has 1 atom stereocenters. The van der Waals surface area contributed by atoms with Crippen LogP contribution in [-0.2, 0) is 20.9 Å². The van der Waals surface area contributed by atoms with E-state index < -0.39 is 0 Å². The van der Waals surface area contributed by atoms with Gasteiger partial charge >= 0.3 is 0 Å². The summed E-state index contributed by atoms with van der Waals surface area (Å²) in [7, 11) is 0. The van der Waals surface area contributed by atoms with Crippen molar-refractivity contribution in [1.82, 2.24) is 0 Å². The molecule has 3 nitrogen and oxygen atoms in total. The first-order valence-corrected chi connectivity index (χ1v) is 8.34. The highest BCUT2D eigenvalue weighted by atomic mass is 16.5. The van der Waals surface area contributed by atoms with Crippen molar-refractivity contribution < 1.29 is 14.3 Å². The summed E-state index contributed by atoms with van der Waals surface area (Å²) in [5, 5.41) is 0. The highest BCUT2D eigenvalue weighted by Gasteiger charge is 2.10. The van der Waals surface area contributed by atoms with Crippen molar-refractivity contribution in [1.29, 1.82) is 0 Å². The molecule has 0 fully saturated rings. The number of rotatable bonds is 10. The number of carbonyl (C=O) groups excluding carboxylic acids is 1. The average Bonchev–Trinajstić information content (AvgIpc) is 2.59. The molecule has 0 amide bonds. The van der Waals surface area contributed by atoms with Gasteiger partial charge < -0.3 is 14.3 Å². The van der Waals surface area contributed by atoms with E-state index in [-0.39, 0.29) is 6.10 Å². The lowest BCUT2D eigenvalue weighted by atomic mass is 10.1. The second-order valence-corrected chi connectivity index (χ2v) is 6.18. The average molecular weight is 332 g/mol. The molecule has 3 heteroatoms. The van der Waals surface area contributed by atoms with E-state index in [2.05, 4.69) is 64.6 Å². The van der Waals surface area contributed by atoms with Crippen LogP contribution < -0.4 is 0 Å². The Bertz CT molecular complexity index is 492. The predicted molar refractivity (Wildman–Crippen MR) is 101 cm³/mol. The number of carbonyl (C=O) groups is 1. The van der Waals surface area contributed by atoms with E-state index in [0.29, 0.717) is 19.1 Å². The topological polar surface area (TPSA) is 35.5 Å². The fourth-order valence-electron chi connectivity index (χ4n) is 2.00. The lowest BCUT2D eigenvalue weighted by Crippen LogP contribution is -2.21. The highest BCUT2D eigenvalue weighted by Crippen LogP contribution is 2.12. The Morgan fingerprint density at radius 3 is 2.46 bits per heavy atom. The maximum Gasteiger partial charge on any atom is 0.106 e. The van der Waals surface area contributed by atoms with Gasteiger partial charge in [-0.05, 0) is 37.3 Å². The molecule has 0 aliphatic carbocycles. The number of ether oxygens (including phenoxy) is 2. The van der Waals surface area contributed by atoms with Gasteiger partial charge in [-0.1, -0.05) is 62.4 Å². The first kappa shape index (κ1) is 22.3. The van der Waals surface area contributed by atoms with E-state index in [1.165, 1.54) is 16.7 Å². The van der Waals surface area contributed by atoms with E-state index in [1.54, 1.807) is 0 Å². The maximum atomic E-state index is 8.00. The molecule has 0 radical (unpaired) electrons. The second-order valence-electron chi connectivity index (χ2n) is 6.18. The van der Waals surface area contributed by atoms with Gasteiger partial charge in [-0.15, -0.1) is 0 Å². The third-order valence-corrected chi connectivity index (χ3v) is 3.52. The van der Waals surface area contributed by atoms with Gasteiger partial charge in [-0.25, -0.2) is 0 Å². The van der Waals surface area contributed by atoms with Crippen LogP contribution in [0.3, 0.4) is 0 Å². The van der Waals surface area contributed by atoms with Gasteiger partial charge in [0, 0.05) is 6.61 Å². The Hall–Kier alpha value is -1.71. The van der Waals surface area contributed by atoms with E-state index in [1.807, 2.05) is 12.9 Å². The molecule has 1 rings (SSSR count). The minimum atomic E-state index is 0.0771. The Morgan fingerprint density at radius 1 is 1.21 bits per heavy atom. The molecule has 0 bridgehead atoms. The van der Waals surface area contributed by atoms with Gasteiger partial charge in [0.05, 0.1) is 19.3 Å². The Morgan fingerprint density at radius 2 is 1.88 bits per heavy atom. The molecule has 134 valence electrons. The summed E-state index contributed by atoms with van der Waals surface area (Å²) < 4.78 is 11.8. The molecule has 1 aromatic rings. The molecule has 0 aliphatic heterocycles. The molecule has 0 spiro atoms. The molecule has 0 saturated carbocycles. The summed E-state index contributed by atoms with van der Waals surface area (Å²) in [6.07, 6.45) is 4.96. The first-order valence-electron chi connectivity index (χ1n) is 8.34. The summed E-state index contributed by atoms with van der Waals surface area (Å²) in [4.78, 5) is 8.00. The van der Waals surface area contributed by atoms with Crippen LogP contribution in [0.15, 0.2) is 48.6 Å². The van der Waals surface area contributed by atoms with Gasteiger partial charge in [0.25, 0.3) is 0 Å². The largest absolute Gasteiger partial charge is 0.378 e. The zero-order valence-corrected chi connectivity index (χ0v) is 15.6. The molecular formula is C21H32O3. The minimum absolute atomic E-state index is 0.0771. The fraction of sp³-hybridized carbons (Fsp3) is 0.476. The Labute approximate surface area is 147 Å². The van der Waals surface area contributed by atoms with Gasteiger partial charge in [0.1, 0.15) is 6.79 Å². The first-order chi connectivity index (χ1) is 11.5. The van der Waals surface area contributed by atoms with Crippen molar-refractivity contribution in [2.75, 3.05) is 13.2 Å². The number of allylic oxidation sites excluding steroid dienone is 2. The van der Waals surface area contributed by atoms with Crippen molar-refractivity contribution >= 4 is 6.79 Å². The SMILES string of the molecule is C=C/C(C)=C\CC(COCC(C)C)OCc1ccccc1C.C=O. The Kier molecular flexibility index (Phi) is 12.7. The van der Waals surface area contributed by atoms with Gasteiger partial charge in [-0.3, -0.25) is 0 Å². The summed E-state index contributed by atoms with van der Waals surface area (Å²) >= 11 is 0. The summed E-state index contributed by atoms with van der Waals surface area (Å²) in [6, 6.07) is 8.34. The molecule has 0 aromatic heterocycles. The quantitative estimate of drug-likeness (QED) is 0.572. The van der Waals surface area contributed by atoms with E-state index in [4.69, 9.17) is 14.3 Å². The molecule has 0 N–H and O–H groups in total. The van der Waals surface area contributed by atoms with Crippen LogP contribution >= 0.6 is 0 Å². The summed E-state index contributed by atoms with van der Waals surface area (Å²) in [5.74, 6) is 0.544. The third-order valence-electron chi connectivity index (χ3n) is 3.52. The van der Waals surface area contributed by atoms with E-state index in [9.17, 15) is 0 Å². The van der Waals surface area contributed by atoms with Gasteiger partial charge in [0.15, 0.2) is 0 Å². The second kappa shape index (κ2) is 13.7. The Balaban J connectivity index is 0.00000254. The zero-order chi connectivity index (χ0) is 18.4. The predicted octanol–water partition coefficient (Wildman–Crippen LogP) is 4.89. The number of hydrogen-bond donors (Lipinski definition) is 0. The standard InChI is InChI=1S/C20H30O2.CH2O/c1-6-17(4)11-12-20(15-21-13-16(2)3)22-14-19-10-8-7-9-18(19)5;1-2/h6-11,16,20H,1,12-15H2,2-5H3;1H2/b17-11-;. The zero-order valence-electron chi connectivity index (χ0n) is 15.6. The van der Waals surface area contributed by atoms with Crippen LogP contribution in [0, 0.1) is 12.8 Å². The minimum Gasteiger partial charge on any atom is -0.378 e. The number of hydrogen-bond acceptors (Lipinski definition) is 3. The van der Waals surface area contributed by atoms with Crippen LogP contribution in [-0.4, -0.2) is 26.1 Å². The van der Waals surface area contributed by atoms with Crippen LogP contribution in [0.25, 0.3) is 0 Å². The molecular weight excluding hydrogens is 300 g/mol. The van der Waals surface area contributed by atoms with Crippen LogP contribution in [0.5, 0.6) is 0 Å². The lowest BCUT2D eigenvalue weighted by molar-refractivity contribution is -0.0979. The highest BCUT2D eigenvalue weighted by molar-refractivity contribution is 5.24. The van der Waals surface area contributed by atoms with Crippen LogP contribution in [0.1, 0.15) is 38.3 Å². The molecule has 0 saturated heterocycles. The number of aryl methyl sites for hydroxylation is 1. The third kappa shape index (κ3) is 10.1. The van der Waals surface area contributed by atoms with E-state index >= 15 is 0 Å². The van der Waals surface area contributed by atoms with Crippen molar-refractivity contribution in [3.63, 3.8) is 0 Å². The van der Waals surface area contributed by atoms with E-state index in [0.717, 1.165) is 13.0 Å². The molecule has 0 heterocycles. The van der Waals surface area contributed by atoms with Gasteiger partial charge in [0.2, 0.25) is 0 Å². The monoisotopic (exact) mass is 332 g/mol. The molecule has 1 unspecified atom stereocenters. The number of benzene rings is 1. The van der Waals surface area contributed by atoms with Crippen molar-refractivity contribution in [3.8, 4) is 0 Å². The van der Waals surface area contributed by atoms with Crippen LogP contribution in [0.2, 0.25) is 0 Å². The molecule has 24 heavy (non-hydrogen) atoms. The fourth-order valence-corrected chi connectivity index (χ4v) is 2.00. The lowest BCUT2D eigenvalue weighted by Gasteiger charge is -2.18. The summed E-state index contributed by atoms with van der Waals surface area (Å²) in [5.41, 5.74) is 3.68. The molecule has 0 aliphatic rings.